The maximum Gasteiger partial charge on any atom is 0.316 e. The van der Waals surface area contributed by atoms with E-state index in [2.05, 4.69) is 0 Å². The number of aryl methyl sites for hydroxylation is 2. The molecule has 4 aromatic rings. The Hall–Kier alpha value is -3.90. The van der Waals surface area contributed by atoms with Crippen LogP contribution in [-0.2, 0) is 9.59 Å². The van der Waals surface area contributed by atoms with Crippen LogP contribution in [0, 0.1) is 19.8 Å². The van der Waals surface area contributed by atoms with Gasteiger partial charge in [-0.3, -0.25) is 14.4 Å². The number of carbonyl (C=O) groups is 2. The summed E-state index contributed by atoms with van der Waals surface area (Å²) in [5.74, 6) is -1.57. The molecular formula is C28H22ClNO5. The third kappa shape index (κ3) is 4.45. The van der Waals surface area contributed by atoms with Crippen molar-refractivity contribution < 1.29 is 18.7 Å². The molecule has 0 radical (unpaired) electrons. The molecule has 1 amide bonds. The molecule has 1 aromatic heterocycles. The lowest BCUT2D eigenvalue weighted by Crippen LogP contribution is -2.28. The standard InChI is InChI=1S/C28H22ClNO5/c1-16-3-6-18(7-4-16)26-27(25(32)22-12-5-17(2)13-23(22)34-26)35-28(33)19-14-24(31)30(15-19)21-10-8-20(29)9-11-21/h3-13,19H,14-15H2,1-2H3. The smallest absolute Gasteiger partial charge is 0.316 e. The molecule has 1 fully saturated rings. The second-order valence-electron chi connectivity index (χ2n) is 8.76. The van der Waals surface area contributed by atoms with Crippen molar-refractivity contribution in [3.63, 3.8) is 0 Å². The van der Waals surface area contributed by atoms with Gasteiger partial charge in [0.2, 0.25) is 17.1 Å². The van der Waals surface area contributed by atoms with Gasteiger partial charge in [0.1, 0.15) is 5.58 Å². The van der Waals surface area contributed by atoms with Crippen LogP contribution in [-0.4, -0.2) is 18.4 Å². The van der Waals surface area contributed by atoms with Crippen molar-refractivity contribution in [2.24, 2.45) is 5.92 Å². The number of nitrogens with zero attached hydrogens (tertiary/aromatic N) is 1. The fourth-order valence-corrected chi connectivity index (χ4v) is 4.32. The van der Waals surface area contributed by atoms with Crippen molar-refractivity contribution >= 4 is 40.1 Å². The quantitative estimate of drug-likeness (QED) is 0.346. The number of ether oxygens (including phenoxy) is 1. The Kier molecular flexibility index (Phi) is 5.91. The molecule has 35 heavy (non-hydrogen) atoms. The molecule has 0 spiro atoms. The van der Waals surface area contributed by atoms with Crippen molar-refractivity contribution in [1.82, 2.24) is 0 Å². The second-order valence-corrected chi connectivity index (χ2v) is 9.19. The number of carbonyl (C=O) groups excluding carboxylic acids is 2. The molecule has 6 nitrogen and oxygen atoms in total. The second kappa shape index (κ2) is 9.04. The summed E-state index contributed by atoms with van der Waals surface area (Å²) in [5, 5.41) is 0.873. The van der Waals surface area contributed by atoms with E-state index in [1.807, 2.05) is 38.1 Å². The lowest BCUT2D eigenvalue weighted by Gasteiger charge is -2.17. The van der Waals surface area contributed by atoms with Crippen LogP contribution in [0.1, 0.15) is 17.5 Å². The average molecular weight is 488 g/mol. The van der Waals surface area contributed by atoms with E-state index in [1.54, 1.807) is 42.5 Å². The van der Waals surface area contributed by atoms with Crippen molar-refractivity contribution in [2.45, 2.75) is 20.3 Å². The van der Waals surface area contributed by atoms with Gasteiger partial charge < -0.3 is 14.1 Å². The Morgan fingerprint density at radius 2 is 1.66 bits per heavy atom. The Labute approximate surface area is 206 Å². The molecule has 1 atom stereocenters. The lowest BCUT2D eigenvalue weighted by atomic mass is 10.1. The fourth-order valence-electron chi connectivity index (χ4n) is 4.19. The van der Waals surface area contributed by atoms with Crippen molar-refractivity contribution in [3.05, 3.63) is 93.1 Å². The van der Waals surface area contributed by atoms with Crippen molar-refractivity contribution in [1.29, 1.82) is 0 Å². The van der Waals surface area contributed by atoms with Gasteiger partial charge in [0, 0.05) is 29.2 Å². The monoisotopic (exact) mass is 487 g/mol. The van der Waals surface area contributed by atoms with E-state index in [1.165, 1.54) is 4.90 Å². The van der Waals surface area contributed by atoms with Crippen LogP contribution in [0.5, 0.6) is 5.75 Å². The summed E-state index contributed by atoms with van der Waals surface area (Å²) in [6.45, 7) is 4.01. The Bertz CT molecular complexity index is 1510. The number of halogens is 1. The van der Waals surface area contributed by atoms with Crippen molar-refractivity contribution in [2.75, 3.05) is 11.4 Å². The van der Waals surface area contributed by atoms with Crippen LogP contribution in [0.2, 0.25) is 5.02 Å². The first-order valence-electron chi connectivity index (χ1n) is 11.2. The first-order valence-corrected chi connectivity index (χ1v) is 11.6. The normalized spacial score (nSPS) is 15.6. The SMILES string of the molecule is Cc1ccc(-c2oc3cc(C)ccc3c(=O)c2OC(=O)C2CC(=O)N(c3ccc(Cl)cc3)C2)cc1. The fraction of sp³-hybridized carbons (Fsp3) is 0.179. The van der Waals surface area contributed by atoms with Crippen LogP contribution < -0.4 is 15.1 Å². The molecule has 0 N–H and O–H groups in total. The zero-order valence-corrected chi connectivity index (χ0v) is 20.0. The summed E-state index contributed by atoms with van der Waals surface area (Å²) in [4.78, 5) is 40.7. The predicted octanol–water partition coefficient (Wildman–Crippen LogP) is 5.69. The zero-order chi connectivity index (χ0) is 24.7. The van der Waals surface area contributed by atoms with Gasteiger partial charge in [-0.05, 0) is 55.8 Å². The van der Waals surface area contributed by atoms with Gasteiger partial charge in [-0.2, -0.15) is 0 Å². The average Bonchev–Trinajstić information content (AvgIpc) is 3.23. The number of fused-ring (bicyclic) bond motifs is 1. The van der Waals surface area contributed by atoms with E-state index < -0.39 is 17.3 Å². The molecule has 3 aromatic carbocycles. The van der Waals surface area contributed by atoms with Crippen LogP contribution >= 0.6 is 11.6 Å². The third-order valence-corrected chi connectivity index (χ3v) is 6.37. The van der Waals surface area contributed by atoms with Crippen LogP contribution in [0.15, 0.2) is 75.9 Å². The molecule has 7 heteroatoms. The topological polar surface area (TPSA) is 76.8 Å². The molecule has 0 saturated carbocycles. The Morgan fingerprint density at radius 3 is 2.37 bits per heavy atom. The van der Waals surface area contributed by atoms with Crippen LogP contribution in [0.25, 0.3) is 22.3 Å². The van der Waals surface area contributed by atoms with E-state index in [4.69, 9.17) is 20.8 Å². The van der Waals surface area contributed by atoms with E-state index >= 15 is 0 Å². The Morgan fingerprint density at radius 1 is 0.971 bits per heavy atom. The largest absolute Gasteiger partial charge is 0.452 e. The number of rotatable bonds is 4. The molecule has 1 aliphatic heterocycles. The highest BCUT2D eigenvalue weighted by atomic mass is 35.5. The minimum atomic E-state index is -0.725. The van der Waals surface area contributed by atoms with E-state index in [9.17, 15) is 14.4 Å². The van der Waals surface area contributed by atoms with Gasteiger partial charge >= 0.3 is 5.97 Å². The lowest BCUT2D eigenvalue weighted by molar-refractivity contribution is -0.139. The highest BCUT2D eigenvalue weighted by Gasteiger charge is 2.37. The van der Waals surface area contributed by atoms with Gasteiger partial charge in [0.05, 0.1) is 11.3 Å². The van der Waals surface area contributed by atoms with Gasteiger partial charge in [0.15, 0.2) is 5.76 Å². The maximum absolute atomic E-state index is 13.4. The molecule has 0 aliphatic carbocycles. The minimum Gasteiger partial charge on any atom is -0.452 e. The highest BCUT2D eigenvalue weighted by molar-refractivity contribution is 6.30. The summed E-state index contributed by atoms with van der Waals surface area (Å²) < 4.78 is 11.8. The number of hydrogen-bond acceptors (Lipinski definition) is 5. The van der Waals surface area contributed by atoms with E-state index in [0.717, 1.165) is 11.1 Å². The number of esters is 1. The molecule has 1 aliphatic rings. The summed E-state index contributed by atoms with van der Waals surface area (Å²) >= 11 is 5.95. The molecular weight excluding hydrogens is 466 g/mol. The first-order chi connectivity index (χ1) is 16.8. The van der Waals surface area contributed by atoms with Crippen molar-refractivity contribution in [3.8, 4) is 17.1 Å². The number of amides is 1. The third-order valence-electron chi connectivity index (χ3n) is 6.12. The molecule has 2 heterocycles. The summed E-state index contributed by atoms with van der Waals surface area (Å²) in [7, 11) is 0. The molecule has 1 saturated heterocycles. The summed E-state index contributed by atoms with van der Waals surface area (Å²) in [6, 6.07) is 19.5. The van der Waals surface area contributed by atoms with Gasteiger partial charge in [-0.15, -0.1) is 0 Å². The zero-order valence-electron chi connectivity index (χ0n) is 19.2. The van der Waals surface area contributed by atoms with Gasteiger partial charge in [0.25, 0.3) is 0 Å². The molecule has 1 unspecified atom stereocenters. The number of benzene rings is 3. The Balaban J connectivity index is 1.50. The predicted molar refractivity (Wildman–Crippen MR) is 135 cm³/mol. The van der Waals surface area contributed by atoms with Crippen LogP contribution in [0.4, 0.5) is 5.69 Å². The maximum atomic E-state index is 13.4. The highest BCUT2D eigenvalue weighted by Crippen LogP contribution is 2.33. The van der Waals surface area contributed by atoms with E-state index in [0.29, 0.717) is 27.2 Å². The minimum absolute atomic E-state index is 0.0145. The summed E-state index contributed by atoms with van der Waals surface area (Å²) in [5.41, 5.74) is 3.22. The van der Waals surface area contributed by atoms with Gasteiger partial charge in [-0.25, -0.2) is 0 Å². The number of hydrogen-bond donors (Lipinski definition) is 0. The summed E-state index contributed by atoms with van der Waals surface area (Å²) in [6.07, 6.45) is -0.0145. The van der Waals surface area contributed by atoms with Gasteiger partial charge in [-0.1, -0.05) is 47.5 Å². The molecule has 0 bridgehead atoms. The van der Waals surface area contributed by atoms with E-state index in [-0.39, 0.29) is 30.4 Å². The molecule has 176 valence electrons. The molecule has 5 rings (SSSR count). The first kappa shape index (κ1) is 22.9. The number of anilines is 1. The van der Waals surface area contributed by atoms with Crippen LogP contribution in [0.3, 0.4) is 0 Å².